The van der Waals surface area contributed by atoms with Gasteiger partial charge >= 0.3 is 5.97 Å². The maximum Gasteiger partial charge on any atom is 0.312 e. The van der Waals surface area contributed by atoms with Gasteiger partial charge in [-0.15, -0.1) is 0 Å². The molecule has 4 rings (SSSR count). The van der Waals surface area contributed by atoms with Crippen molar-refractivity contribution in [3.8, 4) is 0 Å². The predicted octanol–water partition coefficient (Wildman–Crippen LogP) is 1.62. The molecule has 7 heteroatoms. The fraction of sp³-hybridized carbons (Fsp3) is 0.421. The molecule has 0 aliphatic carbocycles. The third-order valence-electron chi connectivity index (χ3n) is 5.76. The minimum atomic E-state index is -3.37. The van der Waals surface area contributed by atoms with Gasteiger partial charge in [-0.05, 0) is 22.4 Å². The van der Waals surface area contributed by atoms with Crippen molar-refractivity contribution in [2.24, 2.45) is 11.3 Å². The molecule has 0 bridgehead atoms. The number of hydrogen-bond donors (Lipinski definition) is 1. The molecule has 0 unspecified atom stereocenters. The number of carboxylic acids is 1. The van der Waals surface area contributed by atoms with Crippen molar-refractivity contribution in [1.29, 1.82) is 0 Å². The van der Waals surface area contributed by atoms with E-state index in [1.807, 2.05) is 12.1 Å². The van der Waals surface area contributed by atoms with Gasteiger partial charge in [0, 0.05) is 38.6 Å². The first-order valence-electron chi connectivity index (χ1n) is 8.66. The summed E-state index contributed by atoms with van der Waals surface area (Å²) in [7, 11) is -3.37. The standard InChI is InChI=1S/C19H22N2O4S/c1-26(24,25)21-11-17-10-20(12-19(17,13-21)18(22)23)9-14-6-7-15-4-2-3-5-16(15)8-14/h2-8,17H,9-13H2,1H3,(H,22,23)/t17-,19-/m1/s1. The minimum Gasteiger partial charge on any atom is -0.481 e. The van der Waals surface area contributed by atoms with Gasteiger partial charge in [-0.2, -0.15) is 0 Å². The van der Waals surface area contributed by atoms with Gasteiger partial charge in [0.25, 0.3) is 0 Å². The second-order valence-corrected chi connectivity index (χ2v) is 9.55. The summed E-state index contributed by atoms with van der Waals surface area (Å²) in [6.45, 7) is 2.02. The number of likely N-dealkylation sites (tertiary alicyclic amines) is 1. The molecule has 6 nitrogen and oxygen atoms in total. The van der Waals surface area contributed by atoms with Crippen LogP contribution in [0.4, 0.5) is 0 Å². The number of sulfonamides is 1. The van der Waals surface area contributed by atoms with Gasteiger partial charge in [0.1, 0.15) is 0 Å². The average molecular weight is 374 g/mol. The molecule has 0 saturated carbocycles. The number of aliphatic carboxylic acids is 1. The SMILES string of the molecule is CS(=O)(=O)N1C[C@H]2CN(Cc3ccc4ccccc4c3)C[C@@]2(C(=O)O)C1. The lowest BCUT2D eigenvalue weighted by Crippen LogP contribution is -2.41. The van der Waals surface area contributed by atoms with Gasteiger partial charge in [-0.3, -0.25) is 9.69 Å². The van der Waals surface area contributed by atoms with Crippen molar-refractivity contribution >= 4 is 26.8 Å². The normalized spacial score (nSPS) is 27.0. The van der Waals surface area contributed by atoms with Gasteiger partial charge in [0.15, 0.2) is 0 Å². The molecule has 138 valence electrons. The van der Waals surface area contributed by atoms with E-state index in [-0.39, 0.29) is 12.5 Å². The second kappa shape index (κ2) is 6.04. The van der Waals surface area contributed by atoms with Gasteiger partial charge in [0.05, 0.1) is 11.7 Å². The van der Waals surface area contributed by atoms with E-state index in [4.69, 9.17) is 0 Å². The quantitative estimate of drug-likeness (QED) is 0.880. The first-order chi connectivity index (χ1) is 12.3. The summed E-state index contributed by atoms with van der Waals surface area (Å²) in [5.74, 6) is -1.06. The number of nitrogens with zero attached hydrogens (tertiary/aromatic N) is 2. The highest BCUT2D eigenvalue weighted by Gasteiger charge is 2.58. The number of fused-ring (bicyclic) bond motifs is 2. The van der Waals surface area contributed by atoms with Gasteiger partial charge in [-0.25, -0.2) is 12.7 Å². The Bertz CT molecular complexity index is 974. The van der Waals surface area contributed by atoms with Crippen molar-refractivity contribution in [1.82, 2.24) is 9.21 Å². The number of carbonyl (C=O) groups is 1. The first kappa shape index (κ1) is 17.5. The van der Waals surface area contributed by atoms with Crippen molar-refractivity contribution in [3.05, 3.63) is 48.0 Å². The molecule has 1 N–H and O–H groups in total. The molecule has 2 aliphatic rings. The van der Waals surface area contributed by atoms with Crippen molar-refractivity contribution < 1.29 is 18.3 Å². The summed E-state index contributed by atoms with van der Waals surface area (Å²) < 4.78 is 25.0. The lowest BCUT2D eigenvalue weighted by molar-refractivity contribution is -0.148. The molecule has 2 saturated heterocycles. The average Bonchev–Trinajstić information content (AvgIpc) is 3.09. The summed E-state index contributed by atoms with van der Waals surface area (Å²) in [5.41, 5.74) is 0.143. The zero-order valence-corrected chi connectivity index (χ0v) is 15.4. The largest absolute Gasteiger partial charge is 0.481 e. The van der Waals surface area contributed by atoms with E-state index in [0.29, 0.717) is 26.2 Å². The molecule has 26 heavy (non-hydrogen) atoms. The predicted molar refractivity (Wildman–Crippen MR) is 99.2 cm³/mol. The van der Waals surface area contributed by atoms with Crippen LogP contribution in [0.1, 0.15) is 5.56 Å². The zero-order chi connectivity index (χ0) is 18.5. The summed E-state index contributed by atoms with van der Waals surface area (Å²) >= 11 is 0. The van der Waals surface area contributed by atoms with E-state index in [9.17, 15) is 18.3 Å². The van der Waals surface area contributed by atoms with E-state index in [1.165, 1.54) is 15.1 Å². The van der Waals surface area contributed by atoms with Crippen molar-refractivity contribution in [2.75, 3.05) is 32.4 Å². The van der Waals surface area contributed by atoms with Gasteiger partial charge < -0.3 is 5.11 Å². The van der Waals surface area contributed by atoms with Crippen molar-refractivity contribution in [3.63, 3.8) is 0 Å². The van der Waals surface area contributed by atoms with E-state index in [1.54, 1.807) is 0 Å². The van der Waals surface area contributed by atoms with Crippen molar-refractivity contribution in [2.45, 2.75) is 6.54 Å². The van der Waals surface area contributed by atoms with Crippen LogP contribution in [0.3, 0.4) is 0 Å². The summed E-state index contributed by atoms with van der Waals surface area (Å²) in [6.07, 6.45) is 1.15. The van der Waals surface area contributed by atoms with Crippen LogP contribution in [0.15, 0.2) is 42.5 Å². The third kappa shape index (κ3) is 2.90. The smallest absolute Gasteiger partial charge is 0.312 e. The van der Waals surface area contributed by atoms with Crippen LogP contribution >= 0.6 is 0 Å². The Kier molecular flexibility index (Phi) is 4.06. The second-order valence-electron chi connectivity index (χ2n) is 7.56. The molecule has 0 aromatic heterocycles. The Balaban J connectivity index is 1.55. The van der Waals surface area contributed by atoms with Gasteiger partial charge in [-0.1, -0.05) is 36.4 Å². The Morgan fingerprint density at radius 2 is 1.88 bits per heavy atom. The molecular weight excluding hydrogens is 352 g/mol. The van der Waals surface area contributed by atoms with Crippen LogP contribution in [-0.4, -0.2) is 61.1 Å². The fourth-order valence-corrected chi connectivity index (χ4v) is 5.31. The number of hydrogen-bond acceptors (Lipinski definition) is 4. The first-order valence-corrected chi connectivity index (χ1v) is 10.5. The minimum absolute atomic E-state index is 0.0695. The molecule has 2 aromatic carbocycles. The van der Waals surface area contributed by atoms with Crippen LogP contribution in [0.2, 0.25) is 0 Å². The maximum absolute atomic E-state index is 12.0. The molecule has 2 aromatic rings. The highest BCUT2D eigenvalue weighted by atomic mass is 32.2. The summed E-state index contributed by atoms with van der Waals surface area (Å²) in [4.78, 5) is 14.1. The van der Waals surface area contributed by atoms with E-state index >= 15 is 0 Å². The number of carboxylic acid groups (broad SMARTS) is 1. The molecule has 0 amide bonds. The molecule has 2 heterocycles. The number of rotatable bonds is 4. The maximum atomic E-state index is 12.0. The highest BCUT2D eigenvalue weighted by Crippen LogP contribution is 2.44. The van der Waals surface area contributed by atoms with Gasteiger partial charge in [0.2, 0.25) is 10.0 Å². The lowest BCUT2D eigenvalue weighted by Gasteiger charge is -2.24. The molecule has 0 radical (unpaired) electrons. The molecule has 2 atom stereocenters. The molecule has 2 aliphatic heterocycles. The highest BCUT2D eigenvalue weighted by molar-refractivity contribution is 7.88. The zero-order valence-electron chi connectivity index (χ0n) is 14.6. The number of benzene rings is 2. The topological polar surface area (TPSA) is 77.9 Å². The van der Waals surface area contributed by atoms with Crippen LogP contribution in [-0.2, 0) is 21.4 Å². The fourth-order valence-electron chi connectivity index (χ4n) is 4.39. The Hall–Kier alpha value is -1.96. The third-order valence-corrected chi connectivity index (χ3v) is 6.98. The summed E-state index contributed by atoms with van der Waals surface area (Å²) in [6, 6.07) is 14.4. The van der Waals surface area contributed by atoms with Crippen LogP contribution in [0, 0.1) is 11.3 Å². The van der Waals surface area contributed by atoms with E-state index < -0.39 is 21.4 Å². The van der Waals surface area contributed by atoms with Crippen LogP contribution in [0.25, 0.3) is 10.8 Å². The molecule has 2 fully saturated rings. The monoisotopic (exact) mass is 374 g/mol. The van der Waals surface area contributed by atoms with E-state index in [0.717, 1.165) is 11.8 Å². The molecular formula is C19H22N2O4S. The van der Waals surface area contributed by atoms with Crippen LogP contribution < -0.4 is 0 Å². The van der Waals surface area contributed by atoms with E-state index in [2.05, 4.69) is 35.2 Å². The molecule has 0 spiro atoms. The Morgan fingerprint density at radius 3 is 2.54 bits per heavy atom. The lowest BCUT2D eigenvalue weighted by atomic mass is 9.81. The Morgan fingerprint density at radius 1 is 1.15 bits per heavy atom. The summed E-state index contributed by atoms with van der Waals surface area (Å²) in [5, 5.41) is 12.2. The van der Waals surface area contributed by atoms with Crippen LogP contribution in [0.5, 0.6) is 0 Å². The Labute approximate surface area is 153 Å².